The maximum Gasteiger partial charge on any atom is 0.142 e. The molecule has 0 saturated heterocycles. The Hall–Kier alpha value is -0.710. The number of benzene rings is 1. The molecule has 15 heavy (non-hydrogen) atoms. The Bertz CT molecular complexity index is 360. The Morgan fingerprint density at radius 1 is 1.40 bits per heavy atom. The first-order chi connectivity index (χ1) is 6.97. The number of hydrogen-bond donors (Lipinski definition) is 2. The van der Waals surface area contributed by atoms with E-state index >= 15 is 0 Å². The van der Waals surface area contributed by atoms with Crippen LogP contribution in [0.3, 0.4) is 0 Å². The van der Waals surface area contributed by atoms with Crippen molar-refractivity contribution in [1.82, 2.24) is 0 Å². The number of rotatable bonds is 3. The van der Waals surface area contributed by atoms with Gasteiger partial charge < -0.3 is 10.8 Å². The van der Waals surface area contributed by atoms with Crippen molar-refractivity contribution in [2.24, 2.45) is 11.7 Å². The summed E-state index contributed by atoms with van der Waals surface area (Å²) in [6.07, 6.45) is -1.12. The highest BCUT2D eigenvalue weighted by Gasteiger charge is 2.20. The predicted octanol–water partition coefficient (Wildman–Crippen LogP) is 2.25. The normalized spacial score (nSPS) is 15.1. The van der Waals surface area contributed by atoms with Gasteiger partial charge in [-0.15, -0.1) is 0 Å². The van der Waals surface area contributed by atoms with E-state index in [0.29, 0.717) is 0 Å². The lowest BCUT2D eigenvalue weighted by Gasteiger charge is -2.18. The van der Waals surface area contributed by atoms with Crippen molar-refractivity contribution in [2.45, 2.75) is 13.0 Å². The Morgan fingerprint density at radius 2 is 2.00 bits per heavy atom. The second kappa shape index (κ2) is 4.88. The van der Waals surface area contributed by atoms with Crippen molar-refractivity contribution in [2.75, 3.05) is 6.54 Å². The Labute approximate surface area is 91.7 Å². The van der Waals surface area contributed by atoms with Gasteiger partial charge in [0.2, 0.25) is 0 Å². The van der Waals surface area contributed by atoms with E-state index in [1.807, 2.05) is 0 Å². The molecule has 2 nitrogen and oxygen atoms in total. The van der Waals surface area contributed by atoms with Crippen LogP contribution in [-0.2, 0) is 0 Å². The zero-order chi connectivity index (χ0) is 11.6. The first-order valence-electron chi connectivity index (χ1n) is 4.50. The second-order valence-corrected chi connectivity index (χ2v) is 3.85. The third-order valence-corrected chi connectivity index (χ3v) is 2.56. The highest BCUT2D eigenvalue weighted by atomic mass is 35.5. The number of nitrogens with two attached hydrogens (primary N) is 1. The van der Waals surface area contributed by atoms with E-state index in [9.17, 15) is 13.9 Å². The van der Waals surface area contributed by atoms with Crippen LogP contribution in [0.5, 0.6) is 0 Å². The van der Waals surface area contributed by atoms with Crippen molar-refractivity contribution in [1.29, 1.82) is 0 Å². The molecule has 84 valence electrons. The zero-order valence-electron chi connectivity index (χ0n) is 8.17. The van der Waals surface area contributed by atoms with Gasteiger partial charge in [-0.1, -0.05) is 18.5 Å². The van der Waals surface area contributed by atoms with Gasteiger partial charge in [0.15, 0.2) is 0 Å². The fourth-order valence-corrected chi connectivity index (χ4v) is 1.35. The molecular weight excluding hydrogens is 224 g/mol. The van der Waals surface area contributed by atoms with Crippen LogP contribution < -0.4 is 5.73 Å². The summed E-state index contributed by atoms with van der Waals surface area (Å²) < 4.78 is 26.4. The summed E-state index contributed by atoms with van der Waals surface area (Å²) in [5, 5.41) is 9.35. The van der Waals surface area contributed by atoms with E-state index in [0.717, 1.165) is 12.1 Å². The van der Waals surface area contributed by atoms with E-state index < -0.39 is 17.7 Å². The fraction of sp³-hybridized carbons (Fsp3) is 0.400. The number of halogens is 3. The Balaban J connectivity index is 3.09. The summed E-state index contributed by atoms with van der Waals surface area (Å²) >= 11 is 5.38. The minimum Gasteiger partial charge on any atom is -0.388 e. The molecule has 2 unspecified atom stereocenters. The lowest BCUT2D eigenvalue weighted by atomic mass is 9.97. The third-order valence-electron chi connectivity index (χ3n) is 2.27. The molecule has 0 amide bonds. The van der Waals surface area contributed by atoms with E-state index in [-0.39, 0.29) is 23.0 Å². The molecule has 0 radical (unpaired) electrons. The first-order valence-corrected chi connectivity index (χ1v) is 4.87. The van der Waals surface area contributed by atoms with Crippen LogP contribution in [0.1, 0.15) is 18.6 Å². The first kappa shape index (κ1) is 12.4. The zero-order valence-corrected chi connectivity index (χ0v) is 8.93. The highest BCUT2D eigenvalue weighted by molar-refractivity contribution is 6.30. The van der Waals surface area contributed by atoms with Gasteiger partial charge in [-0.2, -0.15) is 0 Å². The number of aliphatic hydroxyl groups is 1. The summed E-state index contributed by atoms with van der Waals surface area (Å²) in [5.41, 5.74) is 5.21. The molecule has 0 saturated carbocycles. The minimum atomic E-state index is -1.12. The maximum absolute atomic E-state index is 13.3. The van der Waals surface area contributed by atoms with Gasteiger partial charge in [-0.05, 0) is 24.6 Å². The van der Waals surface area contributed by atoms with Crippen LogP contribution in [0.2, 0.25) is 5.02 Å². The van der Waals surface area contributed by atoms with Gasteiger partial charge in [-0.3, -0.25) is 0 Å². The van der Waals surface area contributed by atoms with Gasteiger partial charge in [0.25, 0.3) is 0 Å². The summed E-state index contributed by atoms with van der Waals surface area (Å²) in [6, 6.07) is 1.74. The molecule has 0 aliphatic carbocycles. The molecule has 0 aromatic heterocycles. The van der Waals surface area contributed by atoms with Crippen molar-refractivity contribution in [3.63, 3.8) is 0 Å². The molecule has 0 fully saturated rings. The standard InChI is InChI=1S/C10H12ClF2NO/c1-5(4-14)10(15)6-2-9(13)7(11)3-8(6)12/h2-3,5,10,15H,4,14H2,1H3. The largest absolute Gasteiger partial charge is 0.388 e. The van der Waals surface area contributed by atoms with Crippen LogP contribution in [0.4, 0.5) is 8.78 Å². The van der Waals surface area contributed by atoms with Gasteiger partial charge in [0.05, 0.1) is 11.1 Å². The minimum absolute atomic E-state index is 0.116. The third kappa shape index (κ3) is 2.65. The Kier molecular flexibility index (Phi) is 4.02. The molecule has 1 rings (SSSR count). The molecular formula is C10H12ClF2NO. The molecule has 0 bridgehead atoms. The molecule has 1 aromatic rings. The van der Waals surface area contributed by atoms with Crippen molar-refractivity contribution in [3.8, 4) is 0 Å². The summed E-state index contributed by atoms with van der Waals surface area (Å²) in [5.74, 6) is -1.83. The van der Waals surface area contributed by atoms with Gasteiger partial charge in [-0.25, -0.2) is 8.78 Å². The van der Waals surface area contributed by atoms with Crippen LogP contribution in [-0.4, -0.2) is 11.7 Å². The van der Waals surface area contributed by atoms with Crippen LogP contribution in [0.25, 0.3) is 0 Å². The second-order valence-electron chi connectivity index (χ2n) is 3.45. The number of aliphatic hydroxyl groups excluding tert-OH is 1. The SMILES string of the molecule is CC(CN)C(O)c1cc(F)c(Cl)cc1F. The number of hydrogen-bond acceptors (Lipinski definition) is 2. The topological polar surface area (TPSA) is 46.2 Å². The predicted molar refractivity (Wildman–Crippen MR) is 54.5 cm³/mol. The average Bonchev–Trinajstić information content (AvgIpc) is 2.21. The van der Waals surface area contributed by atoms with Gasteiger partial charge in [0, 0.05) is 5.56 Å². The summed E-state index contributed by atoms with van der Waals surface area (Å²) in [6.45, 7) is 1.83. The van der Waals surface area contributed by atoms with Gasteiger partial charge >= 0.3 is 0 Å². The smallest absolute Gasteiger partial charge is 0.142 e. The van der Waals surface area contributed by atoms with E-state index in [2.05, 4.69) is 0 Å². The van der Waals surface area contributed by atoms with Crippen molar-refractivity contribution < 1.29 is 13.9 Å². The van der Waals surface area contributed by atoms with E-state index in [4.69, 9.17) is 17.3 Å². The Morgan fingerprint density at radius 3 is 2.53 bits per heavy atom. The monoisotopic (exact) mass is 235 g/mol. The quantitative estimate of drug-likeness (QED) is 0.790. The molecule has 0 heterocycles. The van der Waals surface area contributed by atoms with Crippen LogP contribution >= 0.6 is 11.6 Å². The van der Waals surface area contributed by atoms with Crippen molar-refractivity contribution >= 4 is 11.6 Å². The summed E-state index contributed by atoms with van der Waals surface area (Å²) in [4.78, 5) is 0. The molecule has 0 spiro atoms. The lowest BCUT2D eigenvalue weighted by Crippen LogP contribution is -2.19. The van der Waals surface area contributed by atoms with Crippen LogP contribution in [0.15, 0.2) is 12.1 Å². The molecule has 0 aliphatic heterocycles. The average molecular weight is 236 g/mol. The summed E-state index contributed by atoms with van der Waals surface area (Å²) in [7, 11) is 0. The molecule has 1 aromatic carbocycles. The van der Waals surface area contributed by atoms with E-state index in [1.54, 1.807) is 6.92 Å². The molecule has 2 atom stereocenters. The lowest BCUT2D eigenvalue weighted by molar-refractivity contribution is 0.117. The molecule has 3 N–H and O–H groups in total. The molecule has 5 heteroatoms. The van der Waals surface area contributed by atoms with E-state index in [1.165, 1.54) is 0 Å². The molecule has 0 aliphatic rings. The van der Waals surface area contributed by atoms with Crippen molar-refractivity contribution in [3.05, 3.63) is 34.4 Å². The maximum atomic E-state index is 13.3. The highest BCUT2D eigenvalue weighted by Crippen LogP contribution is 2.27. The van der Waals surface area contributed by atoms with Gasteiger partial charge in [0.1, 0.15) is 11.6 Å². The van der Waals surface area contributed by atoms with Crippen LogP contribution in [0, 0.1) is 17.6 Å². The fourth-order valence-electron chi connectivity index (χ4n) is 1.20.